The summed E-state index contributed by atoms with van der Waals surface area (Å²) in [6.07, 6.45) is -8.72. The number of pyridine rings is 1. The van der Waals surface area contributed by atoms with E-state index in [2.05, 4.69) is 15.3 Å². The van der Waals surface area contributed by atoms with Crippen molar-refractivity contribution < 1.29 is 45.8 Å². The molecule has 0 aromatic carbocycles. The fourth-order valence-corrected chi connectivity index (χ4v) is 5.26. The van der Waals surface area contributed by atoms with Gasteiger partial charge in [-0.15, -0.1) is 11.3 Å². The maximum atomic E-state index is 14.2. The number of nitrogens with one attached hydrogen (secondary N) is 2. The number of aromatic nitrogens is 2. The Bertz CT molecular complexity index is 1240. The molecule has 9 nitrogen and oxygen atoms in total. The van der Waals surface area contributed by atoms with E-state index in [1.807, 2.05) is 5.32 Å². The summed E-state index contributed by atoms with van der Waals surface area (Å²) in [5.74, 6) is -2.19. The summed E-state index contributed by atoms with van der Waals surface area (Å²) >= 11 is 0.514. The smallest absolute Gasteiger partial charge is 0.388 e. The normalized spacial score (nSPS) is 22.7. The van der Waals surface area contributed by atoms with E-state index in [1.165, 1.54) is 4.90 Å². The molecular formula is C23H25F6N5O4S. The quantitative estimate of drug-likeness (QED) is 0.446. The molecule has 2 aliphatic heterocycles. The lowest BCUT2D eigenvalue weighted by Crippen LogP contribution is -2.42. The van der Waals surface area contributed by atoms with E-state index < -0.39 is 65.0 Å². The van der Waals surface area contributed by atoms with Gasteiger partial charge in [0.25, 0.3) is 11.8 Å². The van der Waals surface area contributed by atoms with E-state index in [4.69, 9.17) is 4.74 Å². The second-order valence-electron chi connectivity index (χ2n) is 9.39. The third kappa shape index (κ3) is 6.27. The second-order valence-corrected chi connectivity index (χ2v) is 10.4. The van der Waals surface area contributed by atoms with Crippen LogP contribution in [-0.2, 0) is 10.9 Å². The summed E-state index contributed by atoms with van der Waals surface area (Å²) in [6.45, 7) is 2.84. The molecule has 16 heteroatoms. The Morgan fingerprint density at radius 2 is 1.95 bits per heavy atom. The van der Waals surface area contributed by atoms with Crippen molar-refractivity contribution in [2.45, 2.75) is 63.3 Å². The van der Waals surface area contributed by atoms with Crippen molar-refractivity contribution in [2.75, 3.05) is 25.1 Å². The average molecular weight is 582 g/mol. The minimum absolute atomic E-state index is 0.00910. The lowest BCUT2D eigenvalue weighted by atomic mass is 10.1. The van der Waals surface area contributed by atoms with Crippen LogP contribution in [0.3, 0.4) is 0 Å². The SMILES string of the molecule is C[C@H](Nc1cc(C(F)(F)F)c(-c2sc(C(=O)N[C@H]3COC[C@H]3O)nc2C(=O)N2CCC[C@@H]2C)cn1)C(F)(F)F. The molecule has 214 valence electrons. The molecule has 0 spiro atoms. The zero-order chi connectivity index (χ0) is 28.7. The van der Waals surface area contributed by atoms with Gasteiger partial charge in [-0.3, -0.25) is 9.59 Å². The van der Waals surface area contributed by atoms with Crippen LogP contribution in [0.1, 0.15) is 52.5 Å². The Hall–Kier alpha value is -2.98. The van der Waals surface area contributed by atoms with Gasteiger partial charge in [0, 0.05) is 24.3 Å². The predicted molar refractivity (Wildman–Crippen MR) is 127 cm³/mol. The van der Waals surface area contributed by atoms with Crippen LogP contribution in [0.4, 0.5) is 32.2 Å². The number of halogens is 6. The van der Waals surface area contributed by atoms with Crippen molar-refractivity contribution in [3.05, 3.63) is 28.5 Å². The monoisotopic (exact) mass is 581 g/mol. The molecule has 4 rings (SSSR count). The van der Waals surface area contributed by atoms with Gasteiger partial charge in [-0.05, 0) is 32.8 Å². The maximum absolute atomic E-state index is 14.2. The van der Waals surface area contributed by atoms with Crippen molar-refractivity contribution in [3.8, 4) is 10.4 Å². The molecule has 0 aliphatic carbocycles. The van der Waals surface area contributed by atoms with Crippen LogP contribution >= 0.6 is 11.3 Å². The Balaban J connectivity index is 1.78. The van der Waals surface area contributed by atoms with Gasteiger partial charge in [0.2, 0.25) is 0 Å². The summed E-state index contributed by atoms with van der Waals surface area (Å²) in [6, 6.07) is -2.75. The van der Waals surface area contributed by atoms with Crippen molar-refractivity contribution in [1.82, 2.24) is 20.2 Å². The number of thiazole rings is 1. The number of hydrogen-bond acceptors (Lipinski definition) is 8. The topological polar surface area (TPSA) is 117 Å². The van der Waals surface area contributed by atoms with Crippen molar-refractivity contribution in [1.29, 1.82) is 0 Å². The molecule has 4 atom stereocenters. The number of hydrogen-bond donors (Lipinski definition) is 3. The Morgan fingerprint density at radius 1 is 1.23 bits per heavy atom. The average Bonchev–Trinajstić information content (AvgIpc) is 3.58. The predicted octanol–water partition coefficient (Wildman–Crippen LogP) is 3.70. The highest BCUT2D eigenvalue weighted by Crippen LogP contribution is 2.42. The zero-order valence-corrected chi connectivity index (χ0v) is 21.5. The number of alkyl halides is 6. The van der Waals surface area contributed by atoms with Crippen LogP contribution in [0, 0.1) is 0 Å². The number of carbonyl (C=O) groups excluding carboxylic acids is 2. The molecule has 2 saturated heterocycles. The van der Waals surface area contributed by atoms with Gasteiger partial charge in [0.1, 0.15) is 17.6 Å². The molecule has 4 heterocycles. The van der Waals surface area contributed by atoms with Crippen LogP contribution in [0.25, 0.3) is 10.4 Å². The Morgan fingerprint density at radius 3 is 2.51 bits per heavy atom. The fraction of sp³-hybridized carbons (Fsp3) is 0.565. The first kappa shape index (κ1) is 29.0. The van der Waals surface area contributed by atoms with Gasteiger partial charge in [-0.1, -0.05) is 0 Å². The van der Waals surface area contributed by atoms with Gasteiger partial charge >= 0.3 is 12.4 Å². The Kier molecular flexibility index (Phi) is 8.10. The number of nitrogens with zero attached hydrogens (tertiary/aromatic N) is 3. The van der Waals surface area contributed by atoms with E-state index >= 15 is 0 Å². The van der Waals surface area contributed by atoms with E-state index in [0.29, 0.717) is 43.0 Å². The summed E-state index contributed by atoms with van der Waals surface area (Å²) in [4.78, 5) is 35.3. The number of likely N-dealkylation sites (tertiary alicyclic amines) is 1. The van der Waals surface area contributed by atoms with Crippen molar-refractivity contribution >= 4 is 29.0 Å². The molecule has 2 aliphatic rings. The minimum Gasteiger partial charge on any atom is -0.388 e. The second kappa shape index (κ2) is 10.9. The van der Waals surface area contributed by atoms with Crippen LogP contribution in [0.5, 0.6) is 0 Å². The summed E-state index contributed by atoms with van der Waals surface area (Å²) < 4.78 is 86.4. The third-order valence-corrected chi connectivity index (χ3v) is 7.60. The summed E-state index contributed by atoms with van der Waals surface area (Å²) in [7, 11) is 0. The fourth-order valence-electron chi connectivity index (χ4n) is 4.28. The third-order valence-electron chi connectivity index (χ3n) is 6.51. The van der Waals surface area contributed by atoms with Crippen LogP contribution in [0.15, 0.2) is 12.3 Å². The van der Waals surface area contributed by atoms with Gasteiger partial charge in [-0.25, -0.2) is 9.97 Å². The highest BCUT2D eigenvalue weighted by Gasteiger charge is 2.40. The summed E-state index contributed by atoms with van der Waals surface area (Å²) in [5, 5.41) is 14.0. The molecule has 0 radical (unpaired) electrons. The summed E-state index contributed by atoms with van der Waals surface area (Å²) in [5.41, 5.74) is -2.37. The number of anilines is 1. The van der Waals surface area contributed by atoms with Crippen LogP contribution < -0.4 is 10.6 Å². The van der Waals surface area contributed by atoms with Gasteiger partial charge in [-0.2, -0.15) is 26.3 Å². The minimum atomic E-state index is -5.05. The lowest BCUT2D eigenvalue weighted by molar-refractivity contribution is -0.138. The highest BCUT2D eigenvalue weighted by atomic mass is 32.1. The molecule has 2 fully saturated rings. The number of carbonyl (C=O) groups is 2. The van der Waals surface area contributed by atoms with E-state index in [1.54, 1.807) is 6.92 Å². The molecule has 39 heavy (non-hydrogen) atoms. The highest BCUT2D eigenvalue weighted by molar-refractivity contribution is 7.17. The first-order valence-electron chi connectivity index (χ1n) is 12.0. The molecule has 0 saturated carbocycles. The van der Waals surface area contributed by atoms with E-state index in [9.17, 15) is 41.0 Å². The number of aliphatic hydroxyl groups excluding tert-OH is 1. The van der Waals surface area contributed by atoms with Crippen LogP contribution in [0.2, 0.25) is 0 Å². The van der Waals surface area contributed by atoms with Gasteiger partial charge < -0.3 is 25.4 Å². The first-order chi connectivity index (χ1) is 18.2. The molecule has 3 N–H and O–H groups in total. The van der Waals surface area contributed by atoms with Gasteiger partial charge in [0.05, 0.1) is 35.8 Å². The number of ether oxygens (including phenoxy) is 1. The van der Waals surface area contributed by atoms with Crippen molar-refractivity contribution in [3.63, 3.8) is 0 Å². The van der Waals surface area contributed by atoms with E-state index in [-0.39, 0.29) is 29.1 Å². The largest absolute Gasteiger partial charge is 0.417 e. The lowest BCUT2D eigenvalue weighted by Gasteiger charge is -2.22. The molecule has 0 unspecified atom stereocenters. The number of rotatable bonds is 6. The van der Waals surface area contributed by atoms with Crippen molar-refractivity contribution in [2.24, 2.45) is 0 Å². The molecule has 2 aromatic rings. The Labute approximate surface area is 222 Å². The van der Waals surface area contributed by atoms with Gasteiger partial charge in [0.15, 0.2) is 5.01 Å². The first-order valence-corrected chi connectivity index (χ1v) is 12.8. The molecular weight excluding hydrogens is 556 g/mol. The molecule has 2 amide bonds. The molecule has 2 aromatic heterocycles. The van der Waals surface area contributed by atoms with Crippen LogP contribution in [-0.4, -0.2) is 82.0 Å². The number of amides is 2. The molecule has 0 bridgehead atoms. The number of aliphatic hydroxyl groups is 1. The zero-order valence-electron chi connectivity index (χ0n) is 20.7. The standard InChI is InChI=1S/C23H25F6N5O4S/c1-10-4-3-5-34(10)21(37)17-18(39-20(33-17)19(36)32-14-8-38-9-15(14)35)12-7-30-16(6-13(12)23(27,28)29)31-11(2)22(24,25)26/h6-7,10-11,14-15,35H,3-5,8-9H2,1-2H3,(H,30,31)(H,32,36)/t10-,11-,14-,15+/m0/s1. The van der Waals surface area contributed by atoms with E-state index in [0.717, 1.165) is 6.92 Å². The maximum Gasteiger partial charge on any atom is 0.417 e.